The fourth-order valence-electron chi connectivity index (χ4n) is 3.64. The van der Waals surface area contributed by atoms with Crippen molar-refractivity contribution in [2.75, 3.05) is 0 Å². The number of hydrogen-bond donors (Lipinski definition) is 0. The molecule has 1 aliphatic heterocycles. The van der Waals surface area contributed by atoms with Crippen LogP contribution < -0.4 is 0 Å². The van der Waals surface area contributed by atoms with E-state index in [0.717, 1.165) is 17.5 Å². The van der Waals surface area contributed by atoms with Gasteiger partial charge < -0.3 is 4.74 Å². The number of ketones is 1. The Hall–Kier alpha value is -2.45. The maximum absolute atomic E-state index is 12.2. The quantitative estimate of drug-likeness (QED) is 0.660. The molecule has 0 aliphatic carbocycles. The third kappa shape index (κ3) is 2.74. The lowest BCUT2D eigenvalue weighted by atomic mass is 9.89. The smallest absolute Gasteiger partial charge is 0.135 e. The van der Waals surface area contributed by atoms with Crippen molar-refractivity contribution in [3.63, 3.8) is 0 Å². The van der Waals surface area contributed by atoms with Gasteiger partial charge in [-0.15, -0.1) is 0 Å². The summed E-state index contributed by atoms with van der Waals surface area (Å²) in [5, 5.41) is 2.39. The van der Waals surface area contributed by atoms with Gasteiger partial charge in [-0.1, -0.05) is 66.7 Å². The van der Waals surface area contributed by atoms with Gasteiger partial charge in [0.1, 0.15) is 5.78 Å². The van der Waals surface area contributed by atoms with Crippen LogP contribution in [0.4, 0.5) is 0 Å². The number of ether oxygens (including phenoxy) is 1. The molecule has 24 heavy (non-hydrogen) atoms. The Morgan fingerprint density at radius 3 is 2.33 bits per heavy atom. The molecule has 3 atom stereocenters. The number of benzene rings is 3. The molecule has 1 fully saturated rings. The number of Topliss-reactive ketones (excluding diaryl/α,β-unsaturated/α-hetero) is 1. The number of carbonyl (C=O) groups is 1. The highest BCUT2D eigenvalue weighted by Crippen LogP contribution is 2.45. The minimum atomic E-state index is -0.169. The molecule has 1 saturated heterocycles. The molecule has 1 aliphatic rings. The van der Waals surface area contributed by atoms with Crippen molar-refractivity contribution in [2.45, 2.75) is 25.6 Å². The van der Waals surface area contributed by atoms with Crippen molar-refractivity contribution in [1.29, 1.82) is 0 Å². The first-order valence-electron chi connectivity index (χ1n) is 8.42. The first-order chi connectivity index (χ1) is 11.7. The van der Waals surface area contributed by atoms with Crippen molar-refractivity contribution in [2.24, 2.45) is 5.92 Å². The summed E-state index contributed by atoms with van der Waals surface area (Å²) in [6, 6.07) is 24.8. The highest BCUT2D eigenvalue weighted by Gasteiger charge is 2.39. The monoisotopic (exact) mass is 316 g/mol. The molecule has 0 saturated carbocycles. The molecular weight excluding hydrogens is 296 g/mol. The summed E-state index contributed by atoms with van der Waals surface area (Å²) in [5.41, 5.74) is 2.24. The Bertz CT molecular complexity index is 869. The fraction of sp³-hybridized carbons (Fsp3) is 0.227. The van der Waals surface area contributed by atoms with Crippen LogP contribution in [-0.4, -0.2) is 5.78 Å². The van der Waals surface area contributed by atoms with E-state index in [4.69, 9.17) is 4.74 Å². The van der Waals surface area contributed by atoms with Gasteiger partial charge in [-0.05, 0) is 41.3 Å². The van der Waals surface area contributed by atoms with Crippen molar-refractivity contribution in [3.8, 4) is 0 Å². The normalized spacial score (nSPS) is 23.5. The highest BCUT2D eigenvalue weighted by atomic mass is 16.5. The van der Waals surface area contributed by atoms with Crippen molar-refractivity contribution >= 4 is 16.6 Å². The Morgan fingerprint density at radius 2 is 1.58 bits per heavy atom. The van der Waals surface area contributed by atoms with Gasteiger partial charge in [0, 0.05) is 0 Å². The molecule has 1 heterocycles. The van der Waals surface area contributed by atoms with Gasteiger partial charge in [0.05, 0.1) is 18.1 Å². The lowest BCUT2D eigenvalue weighted by Gasteiger charge is -2.18. The molecule has 3 aromatic rings. The highest BCUT2D eigenvalue weighted by molar-refractivity contribution is 5.84. The zero-order valence-corrected chi connectivity index (χ0v) is 13.7. The third-order valence-electron chi connectivity index (χ3n) is 4.94. The fourth-order valence-corrected chi connectivity index (χ4v) is 3.64. The minimum Gasteiger partial charge on any atom is -0.365 e. The molecule has 0 aromatic heterocycles. The largest absolute Gasteiger partial charge is 0.365 e. The van der Waals surface area contributed by atoms with Crippen LogP contribution >= 0.6 is 0 Å². The number of carbonyl (C=O) groups excluding carboxylic acids is 1. The van der Waals surface area contributed by atoms with Gasteiger partial charge in [0.15, 0.2) is 0 Å². The van der Waals surface area contributed by atoms with Crippen LogP contribution in [0.5, 0.6) is 0 Å². The van der Waals surface area contributed by atoms with Crippen molar-refractivity contribution < 1.29 is 9.53 Å². The summed E-state index contributed by atoms with van der Waals surface area (Å²) >= 11 is 0. The first-order valence-corrected chi connectivity index (χ1v) is 8.42. The van der Waals surface area contributed by atoms with Gasteiger partial charge >= 0.3 is 0 Å². The molecule has 0 spiro atoms. The van der Waals surface area contributed by atoms with Crippen LogP contribution in [-0.2, 0) is 9.53 Å². The molecular formula is C22H20O2. The lowest BCUT2D eigenvalue weighted by Crippen LogP contribution is -2.15. The summed E-state index contributed by atoms with van der Waals surface area (Å²) in [7, 11) is 0. The molecule has 0 N–H and O–H groups in total. The molecule has 0 radical (unpaired) electrons. The number of rotatable bonds is 3. The van der Waals surface area contributed by atoms with Crippen molar-refractivity contribution in [3.05, 3.63) is 83.9 Å². The van der Waals surface area contributed by atoms with Gasteiger partial charge in [-0.2, -0.15) is 0 Å². The van der Waals surface area contributed by atoms with Crippen LogP contribution in [0.25, 0.3) is 10.8 Å². The third-order valence-corrected chi connectivity index (χ3v) is 4.94. The molecule has 120 valence electrons. The summed E-state index contributed by atoms with van der Waals surface area (Å²) in [6.07, 6.45) is 0.561. The average Bonchev–Trinajstić information content (AvgIpc) is 3.08. The van der Waals surface area contributed by atoms with Gasteiger partial charge in [0.25, 0.3) is 0 Å². The molecule has 3 aromatic carbocycles. The van der Waals surface area contributed by atoms with E-state index in [1.165, 1.54) is 10.8 Å². The van der Waals surface area contributed by atoms with E-state index in [-0.39, 0.29) is 23.9 Å². The SMILES string of the molecule is CC(=O)C1CC(c2ccccc2)OC1c1ccc2ccccc2c1. The van der Waals surface area contributed by atoms with Crippen LogP contribution in [0.2, 0.25) is 0 Å². The van der Waals surface area contributed by atoms with Gasteiger partial charge in [-0.3, -0.25) is 4.79 Å². The maximum Gasteiger partial charge on any atom is 0.135 e. The number of fused-ring (bicyclic) bond motifs is 1. The summed E-state index contributed by atoms with van der Waals surface area (Å²) < 4.78 is 6.34. The van der Waals surface area contributed by atoms with E-state index >= 15 is 0 Å². The molecule has 0 amide bonds. The van der Waals surface area contributed by atoms with Crippen LogP contribution in [0.1, 0.15) is 36.7 Å². The second kappa shape index (κ2) is 6.21. The predicted molar refractivity (Wildman–Crippen MR) is 95.7 cm³/mol. The maximum atomic E-state index is 12.2. The molecule has 4 rings (SSSR count). The second-order valence-corrected chi connectivity index (χ2v) is 6.52. The van der Waals surface area contributed by atoms with E-state index in [9.17, 15) is 4.79 Å². The topological polar surface area (TPSA) is 26.3 Å². The van der Waals surface area contributed by atoms with Crippen molar-refractivity contribution in [1.82, 2.24) is 0 Å². The summed E-state index contributed by atoms with van der Waals surface area (Å²) in [4.78, 5) is 12.2. The van der Waals surface area contributed by atoms with E-state index in [1.807, 2.05) is 30.3 Å². The summed E-state index contributed by atoms with van der Waals surface area (Å²) in [6.45, 7) is 1.68. The van der Waals surface area contributed by atoms with E-state index in [2.05, 4.69) is 42.5 Å². The molecule has 2 heteroatoms. The lowest BCUT2D eigenvalue weighted by molar-refractivity contribution is -0.122. The minimum absolute atomic E-state index is 0.0171. The van der Waals surface area contributed by atoms with Gasteiger partial charge in [-0.25, -0.2) is 0 Å². The molecule has 2 nitrogen and oxygen atoms in total. The Morgan fingerprint density at radius 1 is 0.875 bits per heavy atom. The van der Waals surface area contributed by atoms with E-state index in [1.54, 1.807) is 6.92 Å². The summed E-state index contributed by atoms with van der Waals surface area (Å²) in [5.74, 6) is 0.114. The van der Waals surface area contributed by atoms with Crippen LogP contribution in [0.15, 0.2) is 72.8 Å². The van der Waals surface area contributed by atoms with Gasteiger partial charge in [0.2, 0.25) is 0 Å². The Balaban J connectivity index is 1.70. The van der Waals surface area contributed by atoms with E-state index in [0.29, 0.717) is 0 Å². The zero-order valence-electron chi connectivity index (χ0n) is 13.7. The average molecular weight is 316 g/mol. The standard InChI is InChI=1S/C22H20O2/c1-15(23)20-14-21(17-8-3-2-4-9-17)24-22(20)19-12-11-16-7-5-6-10-18(16)13-19/h2-13,20-22H,14H2,1H3. The van der Waals surface area contributed by atoms with Crippen LogP contribution in [0.3, 0.4) is 0 Å². The predicted octanol–water partition coefficient (Wildman–Crippen LogP) is 5.25. The Labute approximate surface area is 142 Å². The molecule has 0 bridgehead atoms. The molecule has 3 unspecified atom stereocenters. The zero-order chi connectivity index (χ0) is 16.5. The number of hydrogen-bond acceptors (Lipinski definition) is 2. The first kappa shape index (κ1) is 15.1. The van der Waals surface area contributed by atoms with Crippen LogP contribution in [0, 0.1) is 5.92 Å². The van der Waals surface area contributed by atoms with E-state index < -0.39 is 0 Å². The Kier molecular flexibility index (Phi) is 3.91. The second-order valence-electron chi connectivity index (χ2n) is 6.52.